The zero-order chi connectivity index (χ0) is 19.0. The van der Waals surface area contributed by atoms with Gasteiger partial charge >= 0.3 is 0 Å². The number of halogens is 1. The largest absolute Gasteiger partial charge is 0.379 e. The molecule has 2 aromatic carbocycles. The summed E-state index contributed by atoms with van der Waals surface area (Å²) < 4.78 is 40.5. The summed E-state index contributed by atoms with van der Waals surface area (Å²) in [6.45, 7) is 0.992. The third-order valence-corrected chi connectivity index (χ3v) is 6.75. The fraction of sp³-hybridized carbons (Fsp3) is 0.263. The van der Waals surface area contributed by atoms with Gasteiger partial charge in [-0.3, -0.25) is 5.32 Å². The number of sulfonamides is 1. The lowest BCUT2D eigenvalue weighted by Crippen LogP contribution is -2.34. The molecule has 1 aliphatic heterocycles. The van der Waals surface area contributed by atoms with Gasteiger partial charge in [0, 0.05) is 48.7 Å². The number of nitrogens with zero attached hydrogens (tertiary/aromatic N) is 1. The van der Waals surface area contributed by atoms with E-state index in [-0.39, 0.29) is 17.3 Å². The Balaban J connectivity index is 1.63. The van der Waals surface area contributed by atoms with Crippen molar-refractivity contribution in [1.29, 1.82) is 0 Å². The van der Waals surface area contributed by atoms with E-state index >= 15 is 0 Å². The summed E-state index contributed by atoms with van der Waals surface area (Å²) in [4.78, 5) is 3.25. The number of aliphatic hydroxyl groups is 1. The Bertz CT molecular complexity index is 1060. The summed E-state index contributed by atoms with van der Waals surface area (Å²) in [5.74, 6) is -0.311. The highest BCUT2D eigenvalue weighted by molar-refractivity contribution is 7.89. The predicted octanol–water partition coefficient (Wildman–Crippen LogP) is 2.28. The van der Waals surface area contributed by atoms with Gasteiger partial charge in [0.25, 0.3) is 0 Å². The molecule has 0 amide bonds. The van der Waals surface area contributed by atoms with Gasteiger partial charge in [-0.2, -0.15) is 4.31 Å². The lowest BCUT2D eigenvalue weighted by molar-refractivity contribution is 0.136. The zero-order valence-electron chi connectivity index (χ0n) is 14.5. The molecule has 0 aliphatic carbocycles. The van der Waals surface area contributed by atoms with Crippen molar-refractivity contribution in [3.8, 4) is 11.1 Å². The van der Waals surface area contributed by atoms with Gasteiger partial charge < -0.3 is 10.1 Å². The van der Waals surface area contributed by atoms with Crippen LogP contribution in [0.4, 0.5) is 4.39 Å². The first-order chi connectivity index (χ1) is 12.9. The first kappa shape index (κ1) is 18.1. The van der Waals surface area contributed by atoms with Crippen LogP contribution in [0, 0.1) is 5.82 Å². The van der Waals surface area contributed by atoms with Crippen molar-refractivity contribution in [2.24, 2.45) is 0 Å². The van der Waals surface area contributed by atoms with Crippen LogP contribution in [0.1, 0.15) is 6.42 Å². The molecule has 2 heterocycles. The third-order valence-electron chi connectivity index (χ3n) is 4.84. The number of aromatic nitrogens is 1. The first-order valence-electron chi connectivity index (χ1n) is 8.74. The van der Waals surface area contributed by atoms with Crippen LogP contribution >= 0.6 is 0 Å². The van der Waals surface area contributed by atoms with E-state index in [0.29, 0.717) is 25.0 Å². The van der Waals surface area contributed by atoms with Crippen molar-refractivity contribution < 1.29 is 17.9 Å². The Hall–Kier alpha value is -2.26. The third kappa shape index (κ3) is 3.49. The molecule has 27 heavy (non-hydrogen) atoms. The molecule has 142 valence electrons. The molecule has 3 aromatic rings. The van der Waals surface area contributed by atoms with Crippen molar-refractivity contribution in [2.45, 2.75) is 17.5 Å². The fourth-order valence-corrected chi connectivity index (χ4v) is 4.82. The quantitative estimate of drug-likeness (QED) is 0.642. The average Bonchev–Trinajstić information content (AvgIpc) is 2.94. The molecule has 1 saturated heterocycles. The monoisotopic (exact) mass is 389 g/mol. The summed E-state index contributed by atoms with van der Waals surface area (Å²) in [7, 11) is -3.62. The highest BCUT2D eigenvalue weighted by atomic mass is 32.2. The van der Waals surface area contributed by atoms with Gasteiger partial charge in [-0.05, 0) is 35.9 Å². The fourth-order valence-electron chi connectivity index (χ4n) is 3.37. The van der Waals surface area contributed by atoms with E-state index in [0.717, 1.165) is 16.5 Å². The van der Waals surface area contributed by atoms with Gasteiger partial charge in [0.15, 0.2) is 0 Å². The van der Waals surface area contributed by atoms with Crippen LogP contribution in [0.5, 0.6) is 0 Å². The van der Waals surface area contributed by atoms with Gasteiger partial charge in [0.2, 0.25) is 10.0 Å². The number of benzene rings is 2. The molecule has 0 spiro atoms. The first-order valence-corrected chi connectivity index (χ1v) is 10.2. The number of fused-ring (bicyclic) bond motifs is 1. The highest BCUT2D eigenvalue weighted by Gasteiger charge is 2.26. The Kier molecular flexibility index (Phi) is 4.73. The minimum absolute atomic E-state index is 0.216. The molecule has 0 saturated carbocycles. The lowest BCUT2D eigenvalue weighted by Gasteiger charge is -2.19. The summed E-state index contributed by atoms with van der Waals surface area (Å²) >= 11 is 0. The average molecular weight is 389 g/mol. The van der Waals surface area contributed by atoms with Crippen LogP contribution in [-0.4, -0.2) is 48.7 Å². The van der Waals surface area contributed by atoms with E-state index in [2.05, 4.69) is 10.3 Å². The standard InChI is InChI=1S/C19H20FN3O3S/c20-14-3-6-16-17(12-22-18(16)11-14)13-1-4-15(5-2-13)27(25,26)23-9-7-19(24)21-8-10-23/h1-6,11-12,19,21-22,24H,7-10H2. The molecule has 3 N–H and O–H groups in total. The Morgan fingerprint density at radius 1 is 1.11 bits per heavy atom. The van der Waals surface area contributed by atoms with E-state index in [1.807, 2.05) is 0 Å². The van der Waals surface area contributed by atoms with Crippen LogP contribution in [0.15, 0.2) is 53.6 Å². The summed E-state index contributed by atoms with van der Waals surface area (Å²) in [5, 5.41) is 13.4. The Morgan fingerprint density at radius 2 is 1.89 bits per heavy atom. The van der Waals surface area contributed by atoms with Crippen LogP contribution in [0.25, 0.3) is 22.0 Å². The molecule has 1 unspecified atom stereocenters. The highest BCUT2D eigenvalue weighted by Crippen LogP contribution is 2.30. The SMILES string of the molecule is O=S(=O)(c1ccc(-c2c[nH]c3cc(F)ccc23)cc1)N1CCNC(O)CC1. The van der Waals surface area contributed by atoms with E-state index < -0.39 is 16.3 Å². The smallest absolute Gasteiger partial charge is 0.243 e. The van der Waals surface area contributed by atoms with E-state index in [4.69, 9.17) is 0 Å². The second-order valence-electron chi connectivity index (χ2n) is 6.58. The van der Waals surface area contributed by atoms with Crippen LogP contribution in [0.2, 0.25) is 0 Å². The molecule has 1 aliphatic rings. The van der Waals surface area contributed by atoms with Crippen molar-refractivity contribution >= 4 is 20.9 Å². The molecule has 1 atom stereocenters. The molecule has 4 rings (SSSR count). The molecule has 1 fully saturated rings. The number of hydrogen-bond donors (Lipinski definition) is 3. The zero-order valence-corrected chi connectivity index (χ0v) is 15.3. The number of aliphatic hydroxyl groups excluding tert-OH is 1. The summed E-state index contributed by atoms with van der Waals surface area (Å²) in [6.07, 6.45) is 1.46. The number of rotatable bonds is 3. The van der Waals surface area contributed by atoms with Gasteiger partial charge in [0.05, 0.1) is 4.90 Å². The topological polar surface area (TPSA) is 85.4 Å². The van der Waals surface area contributed by atoms with E-state index in [1.165, 1.54) is 16.4 Å². The van der Waals surface area contributed by atoms with E-state index in [1.54, 1.807) is 36.5 Å². The maximum atomic E-state index is 13.4. The molecular weight excluding hydrogens is 369 g/mol. The summed E-state index contributed by atoms with van der Waals surface area (Å²) in [5.41, 5.74) is 2.42. The minimum Gasteiger partial charge on any atom is -0.379 e. The minimum atomic E-state index is -3.62. The molecule has 0 radical (unpaired) electrons. The van der Waals surface area contributed by atoms with E-state index in [9.17, 15) is 17.9 Å². The van der Waals surface area contributed by atoms with Crippen LogP contribution in [0.3, 0.4) is 0 Å². The number of H-pyrrole nitrogens is 1. The van der Waals surface area contributed by atoms with Gasteiger partial charge in [-0.1, -0.05) is 12.1 Å². The Labute approximate surface area is 156 Å². The molecule has 8 heteroatoms. The van der Waals surface area contributed by atoms with Gasteiger partial charge in [-0.25, -0.2) is 12.8 Å². The maximum absolute atomic E-state index is 13.4. The number of aromatic amines is 1. The Morgan fingerprint density at radius 3 is 2.67 bits per heavy atom. The van der Waals surface area contributed by atoms with Crippen molar-refractivity contribution in [3.63, 3.8) is 0 Å². The normalized spacial score (nSPS) is 19.3. The summed E-state index contributed by atoms with van der Waals surface area (Å²) in [6, 6.07) is 11.2. The number of nitrogens with one attached hydrogen (secondary N) is 2. The van der Waals surface area contributed by atoms with Crippen molar-refractivity contribution in [1.82, 2.24) is 14.6 Å². The predicted molar refractivity (Wildman–Crippen MR) is 101 cm³/mol. The molecule has 6 nitrogen and oxygen atoms in total. The molecular formula is C19H20FN3O3S. The van der Waals surface area contributed by atoms with Crippen LogP contribution in [-0.2, 0) is 10.0 Å². The number of hydrogen-bond acceptors (Lipinski definition) is 4. The van der Waals surface area contributed by atoms with Gasteiger partial charge in [0.1, 0.15) is 12.0 Å². The van der Waals surface area contributed by atoms with Crippen molar-refractivity contribution in [3.05, 3.63) is 54.5 Å². The maximum Gasteiger partial charge on any atom is 0.243 e. The second kappa shape index (κ2) is 7.05. The van der Waals surface area contributed by atoms with Crippen LogP contribution < -0.4 is 5.32 Å². The molecule has 1 aromatic heterocycles. The van der Waals surface area contributed by atoms with Gasteiger partial charge in [-0.15, -0.1) is 0 Å². The van der Waals surface area contributed by atoms with Crippen molar-refractivity contribution in [2.75, 3.05) is 19.6 Å². The second-order valence-corrected chi connectivity index (χ2v) is 8.52. The lowest BCUT2D eigenvalue weighted by atomic mass is 10.1. The molecule has 0 bridgehead atoms.